The zero-order valence-electron chi connectivity index (χ0n) is 32.1. The minimum Gasteiger partial charge on any atom is -1.00 e. The Morgan fingerprint density at radius 2 is 1.12 bits per heavy atom. The molecule has 4 heterocycles. The van der Waals surface area contributed by atoms with Crippen molar-refractivity contribution in [1.82, 2.24) is 19.6 Å². The van der Waals surface area contributed by atoms with E-state index in [1.54, 1.807) is 28.9 Å². The van der Waals surface area contributed by atoms with Gasteiger partial charge in [-0.15, -0.1) is 0 Å². The first-order chi connectivity index (χ1) is 20.3. The predicted octanol–water partition coefficient (Wildman–Crippen LogP) is -2.34. The van der Waals surface area contributed by atoms with Gasteiger partial charge in [0.15, 0.2) is 0 Å². The van der Waals surface area contributed by atoms with Crippen LogP contribution in [0.3, 0.4) is 0 Å². The minimum absolute atomic E-state index is 0. The van der Waals surface area contributed by atoms with Crippen LogP contribution in [-0.4, -0.2) is 99.8 Å². The Hall–Kier alpha value is 0.694. The van der Waals surface area contributed by atoms with E-state index >= 15 is 0 Å². The number of halogens is 3. The van der Waals surface area contributed by atoms with Gasteiger partial charge in [0.25, 0.3) is 0 Å². The molecule has 2 atom stereocenters. The van der Waals surface area contributed by atoms with Crippen molar-refractivity contribution in [3.8, 4) is 0 Å². The monoisotopic (exact) mass is 802 g/mol. The molecule has 2 aliphatic rings. The molecule has 0 amide bonds. The fraction of sp³-hybridized carbons (Fsp3) is 0.774. The summed E-state index contributed by atoms with van der Waals surface area (Å²) in [5.41, 5.74) is -0.303. The number of hydrogen-bond donors (Lipinski definition) is 0. The predicted molar refractivity (Wildman–Crippen MR) is 192 cm³/mol. The van der Waals surface area contributed by atoms with Crippen LogP contribution in [0.25, 0.3) is 0 Å². The SMILES string of the molecule is C.CCOC(C)n1cc(B2OC(C)(C)C(C)(C)O2)cn1.CCOC(C)n1cc(Br)cn1.COB1OC(C)(C)C(C)(C)O1.C[CH-]C.[Cl-].[Cl-].[Li+].[Mg+2]. The molecule has 2 aliphatic heterocycles. The van der Waals surface area contributed by atoms with Crippen molar-refractivity contribution in [2.24, 2.45) is 0 Å². The molecule has 2 fully saturated rings. The third kappa shape index (κ3) is 18.0. The smallest absolute Gasteiger partial charge is 1.00 e. The fourth-order valence-electron chi connectivity index (χ4n) is 3.69. The quantitative estimate of drug-likeness (QED) is 0.215. The van der Waals surface area contributed by atoms with Crippen LogP contribution < -0.4 is 49.1 Å². The molecule has 2 unspecified atom stereocenters. The zero-order chi connectivity index (χ0) is 33.9. The number of rotatable bonds is 8. The molecule has 2 aromatic rings. The van der Waals surface area contributed by atoms with Gasteiger partial charge in [0, 0.05) is 44.4 Å². The van der Waals surface area contributed by atoms with Crippen molar-refractivity contribution < 1.29 is 76.4 Å². The molecule has 49 heavy (non-hydrogen) atoms. The Bertz CT molecular complexity index is 1090. The first-order valence-corrected chi connectivity index (χ1v) is 16.1. The van der Waals surface area contributed by atoms with Crippen LogP contribution in [0.4, 0.5) is 0 Å². The Balaban J connectivity index is -0.000000189. The summed E-state index contributed by atoms with van der Waals surface area (Å²) in [5.74, 6) is 0. The van der Waals surface area contributed by atoms with E-state index < -0.39 is 7.32 Å². The Labute approximate surface area is 347 Å². The first-order valence-electron chi connectivity index (χ1n) is 15.3. The summed E-state index contributed by atoms with van der Waals surface area (Å²) < 4.78 is 43.2. The summed E-state index contributed by atoms with van der Waals surface area (Å²) in [5, 5.41) is 8.39. The number of aromatic nitrogens is 4. The fourth-order valence-corrected chi connectivity index (χ4v) is 3.99. The van der Waals surface area contributed by atoms with Crippen LogP contribution >= 0.6 is 15.9 Å². The van der Waals surface area contributed by atoms with Crippen molar-refractivity contribution in [2.45, 2.75) is 139 Å². The molecule has 4 rings (SSSR count). The second-order valence-electron chi connectivity index (χ2n) is 12.4. The maximum atomic E-state index is 5.99. The van der Waals surface area contributed by atoms with Crippen LogP contribution in [0.2, 0.25) is 0 Å². The molecular weight excluding hydrogens is 744 g/mol. The number of nitrogens with zero attached hydrogens (tertiary/aromatic N) is 4. The van der Waals surface area contributed by atoms with Gasteiger partial charge in [-0.3, -0.25) is 0 Å². The summed E-state index contributed by atoms with van der Waals surface area (Å²) in [6, 6.07) is 0. The van der Waals surface area contributed by atoms with Gasteiger partial charge < -0.3 is 64.0 Å². The van der Waals surface area contributed by atoms with Crippen molar-refractivity contribution in [1.29, 1.82) is 0 Å². The average molecular weight is 805 g/mol. The van der Waals surface area contributed by atoms with Gasteiger partial charge in [-0.1, -0.05) is 7.43 Å². The number of hydrogen-bond acceptors (Lipinski definition) is 9. The summed E-state index contributed by atoms with van der Waals surface area (Å²) in [6.07, 6.45) is 9.27. The summed E-state index contributed by atoms with van der Waals surface area (Å²) in [6.45, 7) is 29.4. The van der Waals surface area contributed by atoms with Crippen LogP contribution in [-0.2, 0) is 32.7 Å². The summed E-state index contributed by atoms with van der Waals surface area (Å²) in [4.78, 5) is 0. The van der Waals surface area contributed by atoms with Crippen molar-refractivity contribution in [3.63, 3.8) is 0 Å². The molecule has 2 aromatic heterocycles. The standard InChI is InChI=1S/C13H23BN2O3.C7H15BO3.C7H11BrN2O.C3H7.CH4.2ClH.Li.Mg/c1-7-17-10(2)16-9-11(8-15-16)14-18-12(3,4)13(5,6)19-14;1-6(2)7(3,4)11-8(9-5)10-6;1-3-11-6(2)10-5-7(8)4-9-10;1-3-2;;;;;/h8-10H,7H2,1-6H3;1-5H3;4-6H,3H2,1-2H3;3H,1-2H3;1H4;2*1H;;/q;;;-1;;;;+1;+2/p-2. The van der Waals surface area contributed by atoms with Crippen LogP contribution in [0.1, 0.15) is 117 Å². The maximum Gasteiger partial charge on any atom is 2.00 e. The van der Waals surface area contributed by atoms with Gasteiger partial charge in [-0.05, 0) is 99.0 Å². The third-order valence-corrected chi connectivity index (χ3v) is 8.11. The average Bonchev–Trinajstić information content (AvgIpc) is 3.66. The summed E-state index contributed by atoms with van der Waals surface area (Å²) >= 11 is 3.31. The van der Waals surface area contributed by atoms with Gasteiger partial charge in [-0.2, -0.15) is 24.0 Å². The molecule has 0 saturated carbocycles. The molecule has 0 bridgehead atoms. The Morgan fingerprint density at radius 3 is 1.43 bits per heavy atom. The molecule has 0 aliphatic carbocycles. The topological polar surface area (TPSA) is 100 Å². The molecule has 11 nitrogen and oxygen atoms in total. The Morgan fingerprint density at radius 1 is 0.776 bits per heavy atom. The van der Waals surface area contributed by atoms with Gasteiger partial charge in [-0.25, -0.2) is 9.36 Å². The van der Waals surface area contributed by atoms with Crippen molar-refractivity contribution >= 4 is 58.9 Å². The molecule has 0 N–H and O–H groups in total. The van der Waals surface area contributed by atoms with Gasteiger partial charge in [0.2, 0.25) is 0 Å². The van der Waals surface area contributed by atoms with E-state index in [-0.39, 0.29) is 116 Å². The largest absolute Gasteiger partial charge is 2.00 e. The van der Waals surface area contributed by atoms with Gasteiger partial charge >= 0.3 is 56.4 Å². The van der Waals surface area contributed by atoms with E-state index in [9.17, 15) is 0 Å². The van der Waals surface area contributed by atoms with Crippen LogP contribution in [0.15, 0.2) is 29.3 Å². The molecular formula is C31H60B2BrCl2LiMgN4O7. The van der Waals surface area contributed by atoms with Crippen LogP contribution in [0, 0.1) is 6.42 Å². The molecule has 276 valence electrons. The molecule has 0 spiro atoms. The second-order valence-corrected chi connectivity index (χ2v) is 13.4. The molecule has 2 saturated heterocycles. The van der Waals surface area contributed by atoms with E-state index in [1.807, 2.05) is 116 Å². The third-order valence-electron chi connectivity index (χ3n) is 7.70. The van der Waals surface area contributed by atoms with Gasteiger partial charge in [0.05, 0.1) is 33.1 Å². The first kappa shape index (κ1) is 59.0. The van der Waals surface area contributed by atoms with E-state index in [0.29, 0.717) is 13.2 Å². The molecule has 0 aromatic carbocycles. The van der Waals surface area contributed by atoms with Crippen molar-refractivity contribution in [3.05, 3.63) is 35.7 Å². The molecule has 18 heteroatoms. The van der Waals surface area contributed by atoms with E-state index in [2.05, 4.69) is 26.1 Å². The van der Waals surface area contributed by atoms with E-state index in [0.717, 1.165) is 9.94 Å². The van der Waals surface area contributed by atoms with Gasteiger partial charge in [0.1, 0.15) is 12.5 Å². The second kappa shape index (κ2) is 26.5. The number of ether oxygens (including phenoxy) is 2. The van der Waals surface area contributed by atoms with Crippen LogP contribution in [0.5, 0.6) is 0 Å². The minimum atomic E-state index is -0.514. The summed E-state index contributed by atoms with van der Waals surface area (Å²) in [7, 11) is 0.690. The van der Waals surface area contributed by atoms with E-state index in [4.69, 9.17) is 32.7 Å². The normalized spacial score (nSPS) is 18.4. The molecule has 0 radical (unpaired) electrons. The maximum absolute atomic E-state index is 5.99. The van der Waals surface area contributed by atoms with E-state index in [1.165, 1.54) is 0 Å². The Kier molecular flexibility index (Phi) is 31.9. The zero-order valence-corrected chi connectivity index (χ0v) is 36.6. The van der Waals surface area contributed by atoms with Crippen molar-refractivity contribution in [2.75, 3.05) is 20.3 Å².